The van der Waals surface area contributed by atoms with Gasteiger partial charge in [-0.05, 0) is 30.4 Å². The second-order valence-corrected chi connectivity index (χ2v) is 4.13. The van der Waals surface area contributed by atoms with Crippen LogP contribution in [-0.2, 0) is 6.42 Å². The van der Waals surface area contributed by atoms with Gasteiger partial charge in [0, 0.05) is 11.1 Å². The zero-order valence-corrected chi connectivity index (χ0v) is 9.19. The molecule has 1 aromatic rings. The molecule has 0 aromatic heterocycles. The fourth-order valence-corrected chi connectivity index (χ4v) is 1.47. The Hall–Kier alpha value is -1.44. The van der Waals surface area contributed by atoms with E-state index in [0.29, 0.717) is 17.0 Å². The Bertz CT molecular complexity index is 354. The van der Waals surface area contributed by atoms with Gasteiger partial charge in [-0.1, -0.05) is 26.0 Å². The molecule has 0 unspecified atom stereocenters. The van der Waals surface area contributed by atoms with E-state index in [2.05, 4.69) is 13.8 Å². The van der Waals surface area contributed by atoms with Crippen LogP contribution in [0.15, 0.2) is 18.2 Å². The van der Waals surface area contributed by atoms with Gasteiger partial charge >= 0.3 is 0 Å². The van der Waals surface area contributed by atoms with Crippen molar-refractivity contribution in [3.63, 3.8) is 0 Å². The lowest BCUT2D eigenvalue weighted by Crippen LogP contribution is -1.98. The molecule has 0 aliphatic heterocycles. The Morgan fingerprint density at radius 3 is 2.47 bits per heavy atom. The quantitative estimate of drug-likeness (QED) is 0.691. The molecule has 0 saturated carbocycles. The number of aldehydes is 2. The first kappa shape index (κ1) is 11.6. The summed E-state index contributed by atoms with van der Waals surface area (Å²) >= 11 is 0. The van der Waals surface area contributed by atoms with E-state index in [1.54, 1.807) is 18.2 Å². The van der Waals surface area contributed by atoms with Crippen LogP contribution in [0.3, 0.4) is 0 Å². The topological polar surface area (TPSA) is 34.1 Å². The van der Waals surface area contributed by atoms with Crippen LogP contribution >= 0.6 is 0 Å². The Kier molecular flexibility index (Phi) is 4.22. The van der Waals surface area contributed by atoms with Crippen molar-refractivity contribution in [3.05, 3.63) is 34.9 Å². The highest BCUT2D eigenvalue weighted by molar-refractivity contribution is 5.81. The summed E-state index contributed by atoms with van der Waals surface area (Å²) in [4.78, 5) is 21.4. The zero-order valence-electron chi connectivity index (χ0n) is 9.19. The maximum absolute atomic E-state index is 10.8. The first-order valence-corrected chi connectivity index (χ1v) is 5.20. The number of hydrogen-bond acceptors (Lipinski definition) is 2. The van der Waals surface area contributed by atoms with E-state index in [-0.39, 0.29) is 0 Å². The predicted molar refractivity (Wildman–Crippen MR) is 60.4 cm³/mol. The maximum atomic E-state index is 10.8. The number of aryl methyl sites for hydroxylation is 1. The van der Waals surface area contributed by atoms with Gasteiger partial charge in [0.15, 0.2) is 0 Å². The van der Waals surface area contributed by atoms with Gasteiger partial charge in [-0.25, -0.2) is 0 Å². The number of rotatable bonds is 5. The molecule has 2 nitrogen and oxygen atoms in total. The summed E-state index contributed by atoms with van der Waals surface area (Å²) in [5.74, 6) is 0.601. The smallest absolute Gasteiger partial charge is 0.150 e. The lowest BCUT2D eigenvalue weighted by atomic mass is 9.97. The molecule has 0 aliphatic rings. The third kappa shape index (κ3) is 3.31. The molecule has 1 rings (SSSR count). The lowest BCUT2D eigenvalue weighted by molar-refractivity contribution is 0.111. The molecule has 0 aliphatic carbocycles. The van der Waals surface area contributed by atoms with Crippen molar-refractivity contribution >= 4 is 12.6 Å². The van der Waals surface area contributed by atoms with E-state index < -0.39 is 0 Å². The summed E-state index contributed by atoms with van der Waals surface area (Å²) in [5.41, 5.74) is 2.31. The summed E-state index contributed by atoms with van der Waals surface area (Å²) in [6, 6.07) is 5.20. The molecule has 0 fully saturated rings. The standard InChI is InChI=1S/C13H16O2/c1-10(2)3-5-12-7-11(8-14)4-6-13(12)9-15/h4,6-10H,3,5H2,1-2H3. The van der Waals surface area contributed by atoms with Gasteiger partial charge in [0.25, 0.3) is 0 Å². The summed E-state index contributed by atoms with van der Waals surface area (Å²) in [6.07, 6.45) is 3.55. The number of benzene rings is 1. The van der Waals surface area contributed by atoms with Gasteiger partial charge in [-0.15, -0.1) is 0 Å². The number of carbonyl (C=O) groups excluding carboxylic acids is 2. The summed E-state index contributed by atoms with van der Waals surface area (Å²) in [7, 11) is 0. The summed E-state index contributed by atoms with van der Waals surface area (Å²) in [6.45, 7) is 4.29. The molecule has 0 spiro atoms. The van der Waals surface area contributed by atoms with Crippen LogP contribution in [0.5, 0.6) is 0 Å². The van der Waals surface area contributed by atoms with E-state index >= 15 is 0 Å². The van der Waals surface area contributed by atoms with Gasteiger partial charge in [0.1, 0.15) is 12.6 Å². The average Bonchev–Trinajstić information content (AvgIpc) is 2.25. The van der Waals surface area contributed by atoms with Crippen molar-refractivity contribution in [1.29, 1.82) is 0 Å². The van der Waals surface area contributed by atoms with Gasteiger partial charge in [0.2, 0.25) is 0 Å². The van der Waals surface area contributed by atoms with Crippen LogP contribution < -0.4 is 0 Å². The molecule has 15 heavy (non-hydrogen) atoms. The van der Waals surface area contributed by atoms with Crippen molar-refractivity contribution < 1.29 is 9.59 Å². The Morgan fingerprint density at radius 2 is 1.93 bits per heavy atom. The first-order chi connectivity index (χ1) is 7.17. The highest BCUT2D eigenvalue weighted by Gasteiger charge is 2.04. The molecule has 0 amide bonds. The fourth-order valence-electron chi connectivity index (χ4n) is 1.47. The normalized spacial score (nSPS) is 10.3. The van der Waals surface area contributed by atoms with E-state index in [9.17, 15) is 9.59 Å². The molecule has 0 N–H and O–H groups in total. The molecule has 0 heterocycles. The minimum Gasteiger partial charge on any atom is -0.298 e. The highest BCUT2D eigenvalue weighted by atomic mass is 16.1. The zero-order chi connectivity index (χ0) is 11.3. The SMILES string of the molecule is CC(C)CCc1cc(C=O)ccc1C=O. The minimum atomic E-state index is 0.601. The predicted octanol–water partition coefficient (Wildman–Crippen LogP) is 2.90. The molecule has 0 bridgehead atoms. The van der Waals surface area contributed by atoms with Crippen LogP contribution in [0, 0.1) is 5.92 Å². The monoisotopic (exact) mass is 204 g/mol. The minimum absolute atomic E-state index is 0.601. The number of carbonyl (C=O) groups is 2. The van der Waals surface area contributed by atoms with Crippen molar-refractivity contribution in [1.82, 2.24) is 0 Å². The number of hydrogen-bond donors (Lipinski definition) is 0. The molecule has 80 valence electrons. The van der Waals surface area contributed by atoms with E-state index in [4.69, 9.17) is 0 Å². The largest absolute Gasteiger partial charge is 0.298 e. The van der Waals surface area contributed by atoms with Crippen LogP contribution in [0.25, 0.3) is 0 Å². The first-order valence-electron chi connectivity index (χ1n) is 5.20. The van der Waals surface area contributed by atoms with Crippen molar-refractivity contribution in [3.8, 4) is 0 Å². The highest BCUT2D eigenvalue weighted by Crippen LogP contribution is 2.14. The second kappa shape index (κ2) is 5.44. The van der Waals surface area contributed by atoms with Crippen LogP contribution in [0.2, 0.25) is 0 Å². The summed E-state index contributed by atoms with van der Waals surface area (Å²) in [5, 5.41) is 0. The molecular formula is C13H16O2. The molecule has 0 atom stereocenters. The Morgan fingerprint density at radius 1 is 1.20 bits per heavy atom. The Balaban J connectivity index is 2.90. The van der Waals surface area contributed by atoms with Gasteiger partial charge in [0.05, 0.1) is 0 Å². The van der Waals surface area contributed by atoms with E-state index in [1.807, 2.05) is 0 Å². The second-order valence-electron chi connectivity index (χ2n) is 4.13. The van der Waals surface area contributed by atoms with Crippen molar-refractivity contribution in [2.75, 3.05) is 0 Å². The summed E-state index contributed by atoms with van der Waals surface area (Å²) < 4.78 is 0. The fraction of sp³-hybridized carbons (Fsp3) is 0.385. The van der Waals surface area contributed by atoms with Crippen LogP contribution in [0.4, 0.5) is 0 Å². The molecule has 0 saturated heterocycles. The van der Waals surface area contributed by atoms with E-state index in [1.165, 1.54) is 0 Å². The lowest BCUT2D eigenvalue weighted by Gasteiger charge is -2.07. The third-order valence-electron chi connectivity index (χ3n) is 2.42. The maximum Gasteiger partial charge on any atom is 0.150 e. The van der Waals surface area contributed by atoms with Crippen LogP contribution in [-0.4, -0.2) is 12.6 Å². The third-order valence-corrected chi connectivity index (χ3v) is 2.42. The molecule has 0 radical (unpaired) electrons. The molecule has 2 heteroatoms. The van der Waals surface area contributed by atoms with Gasteiger partial charge in [-0.2, -0.15) is 0 Å². The van der Waals surface area contributed by atoms with Crippen molar-refractivity contribution in [2.45, 2.75) is 26.7 Å². The van der Waals surface area contributed by atoms with Crippen LogP contribution in [0.1, 0.15) is 46.5 Å². The molecule has 1 aromatic carbocycles. The van der Waals surface area contributed by atoms with Crippen molar-refractivity contribution in [2.24, 2.45) is 5.92 Å². The van der Waals surface area contributed by atoms with Gasteiger partial charge < -0.3 is 0 Å². The van der Waals surface area contributed by atoms with E-state index in [0.717, 1.165) is 31.0 Å². The average molecular weight is 204 g/mol. The Labute approximate surface area is 90.3 Å². The molecular weight excluding hydrogens is 188 g/mol. The van der Waals surface area contributed by atoms with Gasteiger partial charge in [-0.3, -0.25) is 9.59 Å².